The minimum absolute atomic E-state index is 0.0975. The SMILES string of the molecule is O=C(O)CCc1nc2ccccc2c2nc3ccccc3c(=O)n12. The molecule has 0 bridgehead atoms. The van der Waals surface area contributed by atoms with Crippen molar-refractivity contribution in [3.05, 3.63) is 64.7 Å². The zero-order chi connectivity index (χ0) is 16.7. The highest BCUT2D eigenvalue weighted by atomic mass is 16.4. The lowest BCUT2D eigenvalue weighted by Gasteiger charge is -2.11. The van der Waals surface area contributed by atoms with Gasteiger partial charge in [0.15, 0.2) is 5.65 Å². The quantitative estimate of drug-likeness (QED) is 0.463. The fourth-order valence-electron chi connectivity index (χ4n) is 2.89. The van der Waals surface area contributed by atoms with Crippen molar-refractivity contribution in [2.24, 2.45) is 0 Å². The Bertz CT molecular complexity index is 1160. The van der Waals surface area contributed by atoms with Gasteiger partial charge in [0, 0.05) is 11.8 Å². The lowest BCUT2D eigenvalue weighted by atomic mass is 10.2. The van der Waals surface area contributed by atoms with Crippen molar-refractivity contribution in [1.29, 1.82) is 0 Å². The Morgan fingerprint density at radius 2 is 1.58 bits per heavy atom. The molecule has 0 fully saturated rings. The second kappa shape index (κ2) is 5.42. The summed E-state index contributed by atoms with van der Waals surface area (Å²) in [5.41, 5.74) is 1.59. The van der Waals surface area contributed by atoms with E-state index < -0.39 is 5.97 Å². The van der Waals surface area contributed by atoms with E-state index in [1.807, 2.05) is 30.3 Å². The Morgan fingerprint density at radius 1 is 0.958 bits per heavy atom. The van der Waals surface area contributed by atoms with Crippen molar-refractivity contribution in [3.63, 3.8) is 0 Å². The molecule has 0 atom stereocenters. The van der Waals surface area contributed by atoms with Crippen molar-refractivity contribution in [2.75, 3.05) is 0 Å². The molecule has 0 saturated carbocycles. The lowest BCUT2D eigenvalue weighted by molar-refractivity contribution is -0.137. The van der Waals surface area contributed by atoms with E-state index in [-0.39, 0.29) is 18.4 Å². The summed E-state index contributed by atoms with van der Waals surface area (Å²) >= 11 is 0. The van der Waals surface area contributed by atoms with E-state index in [1.165, 1.54) is 4.40 Å². The van der Waals surface area contributed by atoms with Crippen molar-refractivity contribution >= 4 is 33.4 Å². The lowest BCUT2D eigenvalue weighted by Crippen LogP contribution is -2.21. The Labute approximate surface area is 136 Å². The van der Waals surface area contributed by atoms with E-state index in [2.05, 4.69) is 9.97 Å². The molecule has 0 radical (unpaired) electrons. The van der Waals surface area contributed by atoms with E-state index in [9.17, 15) is 9.59 Å². The molecule has 118 valence electrons. The molecule has 6 heteroatoms. The average Bonchev–Trinajstić information content (AvgIpc) is 2.59. The number of carbonyl (C=O) groups is 1. The molecule has 0 aliphatic heterocycles. The van der Waals surface area contributed by atoms with Gasteiger partial charge in [-0.3, -0.25) is 9.59 Å². The van der Waals surface area contributed by atoms with Crippen LogP contribution in [0.15, 0.2) is 53.3 Å². The summed E-state index contributed by atoms with van der Waals surface area (Å²) < 4.78 is 1.44. The maximum absolute atomic E-state index is 12.9. The molecule has 6 nitrogen and oxygen atoms in total. The minimum atomic E-state index is -0.931. The molecular weight excluding hydrogens is 306 g/mol. The maximum Gasteiger partial charge on any atom is 0.303 e. The van der Waals surface area contributed by atoms with Crippen LogP contribution in [0.3, 0.4) is 0 Å². The van der Waals surface area contributed by atoms with Crippen LogP contribution in [-0.4, -0.2) is 25.4 Å². The Kier molecular flexibility index (Phi) is 3.23. The number of fused-ring (bicyclic) bond motifs is 4. The molecule has 1 N–H and O–H groups in total. The van der Waals surface area contributed by atoms with E-state index in [0.29, 0.717) is 27.9 Å². The van der Waals surface area contributed by atoms with Crippen molar-refractivity contribution in [1.82, 2.24) is 14.4 Å². The van der Waals surface area contributed by atoms with Crippen LogP contribution in [0, 0.1) is 0 Å². The third kappa shape index (κ3) is 2.20. The zero-order valence-electron chi connectivity index (χ0n) is 12.6. The first-order valence-electron chi connectivity index (χ1n) is 7.56. The number of hydrogen-bond donors (Lipinski definition) is 1. The number of aromatic nitrogens is 3. The number of carboxylic acid groups (broad SMARTS) is 1. The summed E-state index contributed by atoms with van der Waals surface area (Å²) in [6, 6.07) is 14.5. The Hall–Kier alpha value is -3.28. The average molecular weight is 319 g/mol. The molecule has 2 aromatic carbocycles. The normalized spacial score (nSPS) is 11.3. The number of hydrogen-bond acceptors (Lipinski definition) is 4. The highest BCUT2D eigenvalue weighted by molar-refractivity contribution is 5.94. The Morgan fingerprint density at radius 3 is 2.29 bits per heavy atom. The predicted octanol–water partition coefficient (Wildman–Crippen LogP) is 2.41. The monoisotopic (exact) mass is 319 g/mol. The molecule has 0 aliphatic rings. The van der Waals surface area contributed by atoms with Crippen LogP contribution in [-0.2, 0) is 11.2 Å². The molecule has 24 heavy (non-hydrogen) atoms. The summed E-state index contributed by atoms with van der Waals surface area (Å²) in [4.78, 5) is 33.0. The smallest absolute Gasteiger partial charge is 0.303 e. The Balaban J connectivity index is 2.17. The number of aliphatic carboxylic acids is 1. The van der Waals surface area contributed by atoms with Gasteiger partial charge in [0.2, 0.25) is 0 Å². The number of carboxylic acids is 1. The van der Waals surface area contributed by atoms with E-state index in [4.69, 9.17) is 5.11 Å². The first-order valence-corrected chi connectivity index (χ1v) is 7.56. The second-order valence-electron chi connectivity index (χ2n) is 5.53. The van der Waals surface area contributed by atoms with Gasteiger partial charge in [-0.25, -0.2) is 14.4 Å². The van der Waals surface area contributed by atoms with Gasteiger partial charge in [0.05, 0.1) is 22.8 Å². The van der Waals surface area contributed by atoms with Gasteiger partial charge < -0.3 is 5.11 Å². The fraction of sp³-hybridized carbons (Fsp3) is 0.111. The molecule has 2 aromatic heterocycles. The molecule has 0 unspecified atom stereocenters. The molecule has 0 spiro atoms. The van der Waals surface area contributed by atoms with Gasteiger partial charge in [-0.1, -0.05) is 24.3 Å². The molecule has 2 heterocycles. The maximum atomic E-state index is 12.9. The first-order chi connectivity index (χ1) is 11.6. The third-order valence-electron chi connectivity index (χ3n) is 3.99. The third-order valence-corrected chi connectivity index (χ3v) is 3.99. The largest absolute Gasteiger partial charge is 0.481 e. The predicted molar refractivity (Wildman–Crippen MR) is 90.2 cm³/mol. The summed E-state index contributed by atoms with van der Waals surface area (Å²) in [5, 5.41) is 10.2. The van der Waals surface area contributed by atoms with Crippen LogP contribution in [0.5, 0.6) is 0 Å². The standard InChI is InChI=1S/C18H13N3O3/c22-16(23)10-9-15-19-13-7-3-1-5-11(13)17-20-14-8-4-2-6-12(14)18(24)21(15)17/h1-8H,9-10H2,(H,22,23). The van der Waals surface area contributed by atoms with Crippen LogP contribution in [0.1, 0.15) is 12.2 Å². The highest BCUT2D eigenvalue weighted by Gasteiger charge is 2.14. The number of para-hydroxylation sites is 2. The fourth-order valence-corrected chi connectivity index (χ4v) is 2.89. The second-order valence-corrected chi connectivity index (χ2v) is 5.53. The molecule has 4 rings (SSSR count). The van der Waals surface area contributed by atoms with Gasteiger partial charge >= 0.3 is 5.97 Å². The molecular formula is C18H13N3O3. The summed E-state index contributed by atoms with van der Waals surface area (Å²) in [5.74, 6) is -0.519. The van der Waals surface area contributed by atoms with Crippen molar-refractivity contribution in [2.45, 2.75) is 12.8 Å². The molecule has 0 amide bonds. The number of aryl methyl sites for hydroxylation is 1. The van der Waals surface area contributed by atoms with Crippen LogP contribution < -0.4 is 5.56 Å². The van der Waals surface area contributed by atoms with Crippen LogP contribution in [0.2, 0.25) is 0 Å². The zero-order valence-corrected chi connectivity index (χ0v) is 12.6. The summed E-state index contributed by atoms with van der Waals surface area (Å²) in [6.45, 7) is 0. The minimum Gasteiger partial charge on any atom is -0.481 e. The molecule has 0 saturated heterocycles. The van der Waals surface area contributed by atoms with Crippen LogP contribution in [0.25, 0.3) is 27.5 Å². The van der Waals surface area contributed by atoms with Crippen LogP contribution >= 0.6 is 0 Å². The van der Waals surface area contributed by atoms with Crippen LogP contribution in [0.4, 0.5) is 0 Å². The van der Waals surface area contributed by atoms with E-state index in [1.54, 1.807) is 18.2 Å². The van der Waals surface area contributed by atoms with Crippen molar-refractivity contribution in [3.8, 4) is 0 Å². The highest BCUT2D eigenvalue weighted by Crippen LogP contribution is 2.19. The van der Waals surface area contributed by atoms with E-state index >= 15 is 0 Å². The summed E-state index contributed by atoms with van der Waals surface area (Å²) in [7, 11) is 0. The molecule has 4 aromatic rings. The summed E-state index contributed by atoms with van der Waals surface area (Å²) in [6.07, 6.45) is 0.0658. The number of nitrogens with zero attached hydrogens (tertiary/aromatic N) is 3. The van der Waals surface area contributed by atoms with E-state index in [0.717, 1.165) is 5.39 Å². The number of benzene rings is 2. The van der Waals surface area contributed by atoms with Gasteiger partial charge in [0.1, 0.15) is 5.82 Å². The van der Waals surface area contributed by atoms with Gasteiger partial charge in [-0.05, 0) is 24.3 Å². The number of rotatable bonds is 3. The van der Waals surface area contributed by atoms with Gasteiger partial charge in [-0.2, -0.15) is 0 Å². The first kappa shape index (κ1) is 14.3. The van der Waals surface area contributed by atoms with Gasteiger partial charge in [0.25, 0.3) is 5.56 Å². The van der Waals surface area contributed by atoms with Gasteiger partial charge in [-0.15, -0.1) is 0 Å². The topological polar surface area (TPSA) is 84.6 Å². The van der Waals surface area contributed by atoms with Crippen molar-refractivity contribution < 1.29 is 9.90 Å². The molecule has 0 aliphatic carbocycles.